The molecule has 1 aromatic carbocycles. The molecule has 140 valence electrons. The first kappa shape index (κ1) is 19.8. The molecule has 0 bridgehead atoms. The Morgan fingerprint density at radius 3 is 2.65 bits per heavy atom. The predicted octanol–water partition coefficient (Wildman–Crippen LogP) is 3.46. The highest BCUT2D eigenvalue weighted by Gasteiger charge is 2.19. The second kappa shape index (κ2) is 8.71. The molecular formula is C18H21ClN2O5. The number of rotatable bonds is 7. The van der Waals surface area contributed by atoms with Crippen molar-refractivity contribution in [3.05, 3.63) is 40.2 Å². The fourth-order valence-corrected chi connectivity index (χ4v) is 2.64. The summed E-state index contributed by atoms with van der Waals surface area (Å²) in [5.74, 6) is 0.262. The molecule has 7 nitrogen and oxygen atoms in total. The maximum Gasteiger partial charge on any atom is 0.306 e. The van der Waals surface area contributed by atoms with E-state index in [9.17, 15) is 9.59 Å². The minimum absolute atomic E-state index is 0.134. The maximum absolute atomic E-state index is 12.2. The molecule has 1 N–H and O–H groups in total. The number of halogens is 1. The maximum atomic E-state index is 12.2. The summed E-state index contributed by atoms with van der Waals surface area (Å²) in [6.45, 7) is 5.11. The van der Waals surface area contributed by atoms with E-state index in [-0.39, 0.29) is 6.42 Å². The predicted molar refractivity (Wildman–Crippen MR) is 96.5 cm³/mol. The standard InChI is InChI=1S/C18H21ClN2O5/c1-10-14(11(2)26-21-10)6-8-17(22)25-12(3)18(23)20-13-5-7-16(24-4)15(19)9-13/h5,7,9,12H,6,8H2,1-4H3,(H,20,23)/t12-/m0/s1. The first-order chi connectivity index (χ1) is 12.3. The molecule has 0 spiro atoms. The van der Waals surface area contributed by atoms with Crippen molar-refractivity contribution in [3.8, 4) is 5.75 Å². The summed E-state index contributed by atoms with van der Waals surface area (Å²) in [6.07, 6.45) is -0.356. The first-order valence-electron chi connectivity index (χ1n) is 8.07. The fraction of sp³-hybridized carbons (Fsp3) is 0.389. The number of esters is 1. The lowest BCUT2D eigenvalue weighted by Crippen LogP contribution is -2.30. The van der Waals surface area contributed by atoms with Crippen molar-refractivity contribution in [1.29, 1.82) is 0 Å². The highest BCUT2D eigenvalue weighted by molar-refractivity contribution is 6.32. The van der Waals surface area contributed by atoms with Crippen molar-refractivity contribution in [2.24, 2.45) is 0 Å². The SMILES string of the molecule is COc1ccc(NC(=O)[C@H](C)OC(=O)CCc2c(C)noc2C)cc1Cl. The van der Waals surface area contributed by atoms with E-state index in [1.807, 2.05) is 6.92 Å². The second-order valence-electron chi connectivity index (χ2n) is 5.77. The van der Waals surface area contributed by atoms with Gasteiger partial charge >= 0.3 is 5.97 Å². The monoisotopic (exact) mass is 380 g/mol. The summed E-state index contributed by atoms with van der Waals surface area (Å²) in [4.78, 5) is 24.1. The van der Waals surface area contributed by atoms with E-state index in [1.54, 1.807) is 25.1 Å². The normalized spacial score (nSPS) is 11.7. The Balaban J connectivity index is 1.86. The molecule has 2 rings (SSSR count). The van der Waals surface area contributed by atoms with Gasteiger partial charge in [-0.15, -0.1) is 0 Å². The number of hydrogen-bond donors (Lipinski definition) is 1. The van der Waals surface area contributed by atoms with Crippen molar-refractivity contribution in [3.63, 3.8) is 0 Å². The number of carbonyl (C=O) groups is 2. The average Bonchev–Trinajstić information content (AvgIpc) is 2.91. The Morgan fingerprint density at radius 1 is 1.35 bits per heavy atom. The van der Waals surface area contributed by atoms with Crippen LogP contribution in [0.25, 0.3) is 0 Å². The van der Waals surface area contributed by atoms with Crippen LogP contribution in [0.15, 0.2) is 22.7 Å². The molecule has 0 aliphatic heterocycles. The number of amides is 1. The van der Waals surface area contributed by atoms with E-state index in [0.717, 1.165) is 11.3 Å². The number of nitrogens with zero attached hydrogens (tertiary/aromatic N) is 1. The molecule has 0 aliphatic rings. The van der Waals surface area contributed by atoms with E-state index in [1.165, 1.54) is 14.0 Å². The van der Waals surface area contributed by atoms with Gasteiger partial charge in [-0.2, -0.15) is 0 Å². The number of aryl methyl sites for hydroxylation is 2. The van der Waals surface area contributed by atoms with E-state index in [4.69, 9.17) is 25.6 Å². The van der Waals surface area contributed by atoms with Crippen LogP contribution < -0.4 is 10.1 Å². The summed E-state index contributed by atoms with van der Waals surface area (Å²) in [6, 6.07) is 4.84. The van der Waals surface area contributed by atoms with Gasteiger partial charge in [0, 0.05) is 17.7 Å². The Hall–Kier alpha value is -2.54. The minimum atomic E-state index is -0.937. The number of hydrogen-bond acceptors (Lipinski definition) is 6. The lowest BCUT2D eigenvalue weighted by molar-refractivity contribution is -0.153. The third-order valence-electron chi connectivity index (χ3n) is 3.86. The first-order valence-corrected chi connectivity index (χ1v) is 8.45. The number of ether oxygens (including phenoxy) is 2. The minimum Gasteiger partial charge on any atom is -0.495 e. The zero-order valence-electron chi connectivity index (χ0n) is 15.1. The van der Waals surface area contributed by atoms with Gasteiger partial charge in [0.05, 0.1) is 17.8 Å². The van der Waals surface area contributed by atoms with E-state index in [2.05, 4.69) is 10.5 Å². The fourth-order valence-electron chi connectivity index (χ4n) is 2.38. The van der Waals surface area contributed by atoms with Gasteiger partial charge in [-0.3, -0.25) is 9.59 Å². The Bertz CT molecular complexity index is 783. The molecule has 8 heteroatoms. The van der Waals surface area contributed by atoms with Crippen LogP contribution in [-0.4, -0.2) is 30.2 Å². The number of nitrogens with one attached hydrogen (secondary N) is 1. The molecule has 0 radical (unpaired) electrons. The summed E-state index contributed by atoms with van der Waals surface area (Å²) < 4.78 is 15.3. The van der Waals surface area contributed by atoms with Crippen LogP contribution in [0.4, 0.5) is 5.69 Å². The van der Waals surface area contributed by atoms with E-state index < -0.39 is 18.0 Å². The van der Waals surface area contributed by atoms with Gasteiger partial charge in [-0.1, -0.05) is 16.8 Å². The average molecular weight is 381 g/mol. The van der Waals surface area contributed by atoms with Crippen molar-refractivity contribution in [2.45, 2.75) is 39.7 Å². The van der Waals surface area contributed by atoms with Gasteiger partial charge in [-0.25, -0.2) is 0 Å². The van der Waals surface area contributed by atoms with Crippen LogP contribution in [0.5, 0.6) is 5.75 Å². The van der Waals surface area contributed by atoms with Crippen LogP contribution >= 0.6 is 11.6 Å². The number of benzene rings is 1. The molecule has 0 saturated carbocycles. The summed E-state index contributed by atoms with van der Waals surface area (Å²) in [5, 5.41) is 6.85. The molecular weight excluding hydrogens is 360 g/mol. The largest absolute Gasteiger partial charge is 0.495 e. The summed E-state index contributed by atoms with van der Waals surface area (Å²) in [7, 11) is 1.50. The van der Waals surface area contributed by atoms with Crippen molar-refractivity contribution < 1.29 is 23.6 Å². The molecule has 0 saturated heterocycles. The third-order valence-corrected chi connectivity index (χ3v) is 4.15. The highest BCUT2D eigenvalue weighted by Crippen LogP contribution is 2.27. The van der Waals surface area contributed by atoms with Gasteiger partial charge in [0.15, 0.2) is 6.10 Å². The van der Waals surface area contributed by atoms with Crippen molar-refractivity contribution >= 4 is 29.2 Å². The topological polar surface area (TPSA) is 90.7 Å². The van der Waals surface area contributed by atoms with E-state index in [0.29, 0.717) is 28.6 Å². The highest BCUT2D eigenvalue weighted by atomic mass is 35.5. The van der Waals surface area contributed by atoms with Crippen LogP contribution in [-0.2, 0) is 20.7 Å². The molecule has 1 atom stereocenters. The van der Waals surface area contributed by atoms with Gasteiger partial charge in [0.1, 0.15) is 11.5 Å². The molecule has 0 fully saturated rings. The lowest BCUT2D eigenvalue weighted by Gasteiger charge is -2.14. The molecule has 0 aliphatic carbocycles. The summed E-state index contributed by atoms with van der Waals surface area (Å²) in [5.41, 5.74) is 2.11. The van der Waals surface area contributed by atoms with Gasteiger partial charge < -0.3 is 19.3 Å². The van der Waals surface area contributed by atoms with Crippen LogP contribution in [0.1, 0.15) is 30.4 Å². The molecule has 0 unspecified atom stereocenters. The Morgan fingerprint density at radius 2 is 2.08 bits per heavy atom. The van der Waals surface area contributed by atoms with Gasteiger partial charge in [0.25, 0.3) is 5.91 Å². The molecule has 1 aromatic heterocycles. The zero-order chi connectivity index (χ0) is 19.3. The van der Waals surface area contributed by atoms with E-state index >= 15 is 0 Å². The number of methoxy groups -OCH3 is 1. The third kappa shape index (κ3) is 4.98. The number of aromatic nitrogens is 1. The molecule has 1 heterocycles. The quantitative estimate of drug-likeness (QED) is 0.740. The van der Waals surface area contributed by atoms with Crippen molar-refractivity contribution in [2.75, 3.05) is 12.4 Å². The Kier molecular flexibility index (Phi) is 6.63. The van der Waals surface area contributed by atoms with Crippen molar-refractivity contribution in [1.82, 2.24) is 5.16 Å². The molecule has 2 aromatic rings. The summed E-state index contributed by atoms with van der Waals surface area (Å²) >= 11 is 6.02. The van der Waals surface area contributed by atoms with Crippen LogP contribution in [0.3, 0.4) is 0 Å². The molecule has 1 amide bonds. The second-order valence-corrected chi connectivity index (χ2v) is 6.18. The Labute approximate surface area is 156 Å². The van der Waals surface area contributed by atoms with Gasteiger partial charge in [0.2, 0.25) is 0 Å². The number of anilines is 1. The van der Waals surface area contributed by atoms with Crippen LogP contribution in [0.2, 0.25) is 5.02 Å². The number of carbonyl (C=O) groups excluding carboxylic acids is 2. The lowest BCUT2D eigenvalue weighted by atomic mass is 10.1. The zero-order valence-corrected chi connectivity index (χ0v) is 15.8. The smallest absolute Gasteiger partial charge is 0.306 e. The van der Waals surface area contributed by atoms with Gasteiger partial charge in [-0.05, 0) is 45.4 Å². The molecule has 26 heavy (non-hydrogen) atoms. The van der Waals surface area contributed by atoms with Crippen LogP contribution in [0, 0.1) is 13.8 Å².